The number of para-hydroxylation sites is 1. The first kappa shape index (κ1) is 19.6. The first-order valence-electron chi connectivity index (χ1n) is 7.40. The highest BCUT2D eigenvalue weighted by Crippen LogP contribution is 2.21. The second-order valence-corrected chi connectivity index (χ2v) is 5.95. The van der Waals surface area contributed by atoms with Gasteiger partial charge in [-0.25, -0.2) is 0 Å². The van der Waals surface area contributed by atoms with Crippen LogP contribution < -0.4 is 10.6 Å². The van der Waals surface area contributed by atoms with E-state index in [0.717, 1.165) is 40.4 Å². The summed E-state index contributed by atoms with van der Waals surface area (Å²) in [7, 11) is 0. The van der Waals surface area contributed by atoms with Gasteiger partial charge >= 0.3 is 0 Å². The Balaban J connectivity index is 0.00000264. The van der Waals surface area contributed by atoms with E-state index in [-0.39, 0.29) is 18.3 Å². The summed E-state index contributed by atoms with van der Waals surface area (Å²) in [5.74, 6) is -0.0580. The molecule has 2 aromatic carbocycles. The maximum absolute atomic E-state index is 12.6. The molecule has 0 unspecified atom stereocenters. The molecule has 0 heterocycles. The average molecular weight is 351 g/mol. The molecule has 0 aromatic heterocycles. The third kappa shape index (κ3) is 5.27. The number of hydrogen-bond acceptors (Lipinski definition) is 3. The molecule has 0 atom stereocenters. The number of anilines is 1. The van der Waals surface area contributed by atoms with Gasteiger partial charge in [0.15, 0.2) is 0 Å². The fourth-order valence-corrected chi connectivity index (χ4v) is 2.66. The van der Waals surface area contributed by atoms with Crippen molar-refractivity contribution >= 4 is 35.8 Å². The van der Waals surface area contributed by atoms with Crippen molar-refractivity contribution in [1.82, 2.24) is 5.32 Å². The maximum Gasteiger partial charge on any atom is 0.255 e. The van der Waals surface area contributed by atoms with E-state index in [0.29, 0.717) is 0 Å². The van der Waals surface area contributed by atoms with E-state index in [1.165, 1.54) is 0 Å². The zero-order valence-electron chi connectivity index (χ0n) is 13.7. The molecule has 0 spiro atoms. The van der Waals surface area contributed by atoms with E-state index in [1.54, 1.807) is 11.8 Å². The Kier molecular flexibility index (Phi) is 8.17. The lowest BCUT2D eigenvalue weighted by atomic mass is 10.1. The highest BCUT2D eigenvalue weighted by atomic mass is 35.5. The van der Waals surface area contributed by atoms with Crippen LogP contribution >= 0.6 is 24.2 Å². The number of amides is 1. The number of aryl methyl sites for hydroxylation is 1. The minimum atomic E-state index is -0.0580. The quantitative estimate of drug-likeness (QED) is 0.753. The van der Waals surface area contributed by atoms with E-state index in [9.17, 15) is 4.79 Å². The van der Waals surface area contributed by atoms with E-state index in [4.69, 9.17) is 0 Å². The van der Waals surface area contributed by atoms with Crippen LogP contribution in [0.5, 0.6) is 0 Å². The lowest BCUT2D eigenvalue weighted by Gasteiger charge is -2.13. The Bertz CT molecular complexity index is 661. The maximum atomic E-state index is 12.6. The fraction of sp³-hybridized carbons (Fsp3) is 0.278. The molecule has 2 aromatic rings. The predicted octanol–water partition coefficient (Wildman–Crippen LogP) is 4.50. The van der Waals surface area contributed by atoms with E-state index in [2.05, 4.69) is 17.6 Å². The van der Waals surface area contributed by atoms with E-state index >= 15 is 0 Å². The Morgan fingerprint density at radius 1 is 1.17 bits per heavy atom. The second-order valence-electron chi connectivity index (χ2n) is 5.07. The monoisotopic (exact) mass is 350 g/mol. The van der Waals surface area contributed by atoms with Crippen molar-refractivity contribution in [2.24, 2.45) is 0 Å². The van der Waals surface area contributed by atoms with Crippen molar-refractivity contribution in [3.8, 4) is 0 Å². The van der Waals surface area contributed by atoms with Gasteiger partial charge in [-0.3, -0.25) is 4.79 Å². The molecule has 0 bridgehead atoms. The van der Waals surface area contributed by atoms with Gasteiger partial charge in [-0.05, 0) is 49.1 Å². The molecule has 3 nitrogen and oxygen atoms in total. The third-order valence-corrected chi connectivity index (χ3v) is 4.25. The van der Waals surface area contributed by atoms with Crippen molar-refractivity contribution in [3.63, 3.8) is 0 Å². The van der Waals surface area contributed by atoms with Gasteiger partial charge in [0.1, 0.15) is 0 Å². The Labute approximate surface area is 148 Å². The molecule has 2 rings (SSSR count). The van der Waals surface area contributed by atoms with E-state index < -0.39 is 0 Å². The molecule has 0 aliphatic rings. The first-order chi connectivity index (χ1) is 10.7. The van der Waals surface area contributed by atoms with Crippen molar-refractivity contribution in [1.29, 1.82) is 0 Å². The molecule has 124 valence electrons. The number of benzene rings is 2. The number of rotatable bonds is 6. The van der Waals surface area contributed by atoms with Crippen LogP contribution in [0.3, 0.4) is 0 Å². The van der Waals surface area contributed by atoms with Gasteiger partial charge in [0.05, 0.1) is 0 Å². The van der Waals surface area contributed by atoms with Crippen LogP contribution in [0.25, 0.3) is 0 Å². The van der Waals surface area contributed by atoms with Crippen LogP contribution in [0.1, 0.15) is 28.4 Å². The van der Waals surface area contributed by atoms with Crippen molar-refractivity contribution < 1.29 is 4.79 Å². The van der Waals surface area contributed by atoms with E-state index in [1.807, 2.05) is 55.6 Å². The number of carbonyl (C=O) groups excluding carboxylic acids is 1. The molecule has 0 saturated carbocycles. The zero-order valence-corrected chi connectivity index (χ0v) is 15.3. The number of carbonyl (C=O) groups is 1. The summed E-state index contributed by atoms with van der Waals surface area (Å²) in [4.78, 5) is 13.7. The standard InChI is InChI=1S/C18H22N2OS.ClH/c1-4-19-12-14-7-5-6-8-17(14)20-18(21)16-11-15(22-3)10-9-13(16)2;/h5-11,19H,4,12H2,1-3H3,(H,20,21);1H. The van der Waals surface area contributed by atoms with Gasteiger partial charge in [-0.15, -0.1) is 24.2 Å². The van der Waals surface area contributed by atoms with Crippen LogP contribution in [-0.2, 0) is 6.54 Å². The number of nitrogens with one attached hydrogen (secondary N) is 2. The Morgan fingerprint density at radius 3 is 2.61 bits per heavy atom. The summed E-state index contributed by atoms with van der Waals surface area (Å²) >= 11 is 1.64. The highest BCUT2D eigenvalue weighted by Gasteiger charge is 2.12. The molecule has 0 radical (unpaired) electrons. The van der Waals surface area contributed by atoms with Crippen molar-refractivity contribution in [3.05, 3.63) is 59.2 Å². The molecule has 1 amide bonds. The largest absolute Gasteiger partial charge is 0.322 e. The fourth-order valence-electron chi connectivity index (χ4n) is 2.22. The second kappa shape index (κ2) is 9.60. The summed E-state index contributed by atoms with van der Waals surface area (Å²) in [5, 5.41) is 6.33. The van der Waals surface area contributed by atoms with Crippen LogP contribution in [-0.4, -0.2) is 18.7 Å². The lowest BCUT2D eigenvalue weighted by Crippen LogP contribution is -2.17. The van der Waals surface area contributed by atoms with Crippen LogP contribution in [0.4, 0.5) is 5.69 Å². The molecule has 0 aliphatic carbocycles. The highest BCUT2D eigenvalue weighted by molar-refractivity contribution is 7.98. The number of hydrogen-bond donors (Lipinski definition) is 2. The SMILES string of the molecule is CCNCc1ccccc1NC(=O)c1cc(SC)ccc1C.Cl. The smallest absolute Gasteiger partial charge is 0.255 e. The van der Waals surface area contributed by atoms with Gasteiger partial charge in [-0.2, -0.15) is 0 Å². The lowest BCUT2D eigenvalue weighted by molar-refractivity contribution is 0.102. The minimum Gasteiger partial charge on any atom is -0.322 e. The molecule has 0 fully saturated rings. The van der Waals surface area contributed by atoms with Gasteiger partial charge in [-0.1, -0.05) is 31.2 Å². The Hall–Kier alpha value is -1.49. The molecule has 2 N–H and O–H groups in total. The first-order valence-corrected chi connectivity index (χ1v) is 8.62. The molecule has 0 aliphatic heterocycles. The average Bonchev–Trinajstić information content (AvgIpc) is 2.54. The number of thioether (sulfide) groups is 1. The van der Waals surface area contributed by atoms with Gasteiger partial charge in [0.25, 0.3) is 5.91 Å². The molecular formula is C18H23ClN2OS. The predicted molar refractivity (Wildman–Crippen MR) is 102 cm³/mol. The summed E-state index contributed by atoms with van der Waals surface area (Å²) < 4.78 is 0. The van der Waals surface area contributed by atoms with Gasteiger partial charge < -0.3 is 10.6 Å². The number of halogens is 1. The van der Waals surface area contributed by atoms with Gasteiger partial charge in [0, 0.05) is 22.7 Å². The topological polar surface area (TPSA) is 41.1 Å². The summed E-state index contributed by atoms with van der Waals surface area (Å²) in [5.41, 5.74) is 3.67. The van der Waals surface area contributed by atoms with Crippen molar-refractivity contribution in [2.45, 2.75) is 25.3 Å². The summed E-state index contributed by atoms with van der Waals surface area (Å²) in [6.07, 6.45) is 2.01. The van der Waals surface area contributed by atoms with Crippen LogP contribution in [0, 0.1) is 6.92 Å². The molecule has 0 saturated heterocycles. The zero-order chi connectivity index (χ0) is 15.9. The third-order valence-electron chi connectivity index (χ3n) is 3.52. The van der Waals surface area contributed by atoms with Gasteiger partial charge in [0.2, 0.25) is 0 Å². The summed E-state index contributed by atoms with van der Waals surface area (Å²) in [6.45, 7) is 5.68. The molecular weight excluding hydrogens is 328 g/mol. The molecule has 5 heteroatoms. The summed E-state index contributed by atoms with van der Waals surface area (Å²) in [6, 6.07) is 13.9. The van der Waals surface area contributed by atoms with Crippen LogP contribution in [0.15, 0.2) is 47.4 Å². The Morgan fingerprint density at radius 2 is 1.91 bits per heavy atom. The molecule has 23 heavy (non-hydrogen) atoms. The normalized spacial score (nSPS) is 10.0. The van der Waals surface area contributed by atoms with Crippen LogP contribution in [0.2, 0.25) is 0 Å². The van der Waals surface area contributed by atoms with Crippen molar-refractivity contribution in [2.75, 3.05) is 18.1 Å². The minimum absolute atomic E-state index is 0.